The smallest absolute Gasteiger partial charge is 0.0423 e. The van der Waals surface area contributed by atoms with E-state index in [1.165, 1.54) is 5.56 Å². The van der Waals surface area contributed by atoms with E-state index >= 15 is 0 Å². The third-order valence-corrected chi connectivity index (χ3v) is 2.75. The molecule has 0 bridgehead atoms. The van der Waals surface area contributed by atoms with Gasteiger partial charge in [0.05, 0.1) is 0 Å². The second-order valence-electron chi connectivity index (χ2n) is 4.17. The van der Waals surface area contributed by atoms with E-state index in [2.05, 4.69) is 19.1 Å². The summed E-state index contributed by atoms with van der Waals surface area (Å²) in [7, 11) is 0. The Labute approximate surface area is 95.9 Å². The van der Waals surface area contributed by atoms with Crippen molar-refractivity contribution in [3.63, 3.8) is 0 Å². The lowest BCUT2D eigenvalue weighted by Crippen LogP contribution is -1.95. The number of benzene rings is 2. The van der Waals surface area contributed by atoms with Crippen molar-refractivity contribution >= 4 is 11.4 Å². The maximum absolute atomic E-state index is 6.09. The van der Waals surface area contributed by atoms with Crippen LogP contribution in [0.4, 0.5) is 11.4 Å². The predicted octanol–water partition coefficient (Wildman–Crippen LogP) is 3.13. The van der Waals surface area contributed by atoms with E-state index in [9.17, 15) is 0 Å². The molecule has 2 heteroatoms. The van der Waals surface area contributed by atoms with Crippen molar-refractivity contribution < 1.29 is 0 Å². The molecule has 0 heterocycles. The minimum absolute atomic E-state index is 0.770. The Hall–Kier alpha value is -1.96. The molecule has 2 nitrogen and oxygen atoms in total. The van der Waals surface area contributed by atoms with Crippen LogP contribution in [0.2, 0.25) is 0 Å². The third-order valence-electron chi connectivity index (χ3n) is 2.75. The number of anilines is 2. The molecule has 0 amide bonds. The van der Waals surface area contributed by atoms with Gasteiger partial charge in [-0.2, -0.15) is 0 Å². The molecule has 0 fully saturated rings. The molecule has 0 unspecified atom stereocenters. The second-order valence-corrected chi connectivity index (χ2v) is 4.17. The summed E-state index contributed by atoms with van der Waals surface area (Å²) in [6.45, 7) is 4.11. The highest BCUT2D eigenvalue weighted by atomic mass is 14.6. The van der Waals surface area contributed by atoms with Crippen LogP contribution in [-0.2, 0) is 0 Å². The van der Waals surface area contributed by atoms with Gasteiger partial charge in [-0.3, -0.25) is 0 Å². The number of nitrogen functional groups attached to an aromatic ring is 2. The van der Waals surface area contributed by atoms with E-state index < -0.39 is 0 Å². The van der Waals surface area contributed by atoms with Crippen LogP contribution in [0, 0.1) is 13.8 Å². The molecule has 16 heavy (non-hydrogen) atoms. The molecular formula is C14H16N2. The van der Waals surface area contributed by atoms with Gasteiger partial charge in [0, 0.05) is 16.9 Å². The van der Waals surface area contributed by atoms with Crippen molar-refractivity contribution in [3.05, 3.63) is 47.5 Å². The van der Waals surface area contributed by atoms with Gasteiger partial charge in [-0.15, -0.1) is 0 Å². The van der Waals surface area contributed by atoms with E-state index in [4.69, 9.17) is 11.5 Å². The van der Waals surface area contributed by atoms with Gasteiger partial charge in [0.1, 0.15) is 0 Å². The average Bonchev–Trinajstić information content (AvgIpc) is 2.25. The molecule has 0 aliphatic heterocycles. The molecular weight excluding hydrogens is 196 g/mol. The van der Waals surface area contributed by atoms with Crippen molar-refractivity contribution in [2.45, 2.75) is 13.8 Å². The first-order chi connectivity index (χ1) is 7.58. The Morgan fingerprint density at radius 1 is 0.875 bits per heavy atom. The molecule has 2 aromatic carbocycles. The maximum Gasteiger partial charge on any atom is 0.0423 e. The van der Waals surface area contributed by atoms with Crippen molar-refractivity contribution in [2.75, 3.05) is 11.5 Å². The van der Waals surface area contributed by atoms with Crippen LogP contribution in [0.3, 0.4) is 0 Å². The van der Waals surface area contributed by atoms with Crippen LogP contribution in [0.15, 0.2) is 36.4 Å². The van der Waals surface area contributed by atoms with Crippen LogP contribution in [0.1, 0.15) is 11.1 Å². The van der Waals surface area contributed by atoms with Crippen molar-refractivity contribution in [1.82, 2.24) is 0 Å². The largest absolute Gasteiger partial charge is 0.399 e. The summed E-state index contributed by atoms with van der Waals surface area (Å²) in [5.41, 5.74) is 17.9. The molecule has 0 spiro atoms. The van der Waals surface area contributed by atoms with Gasteiger partial charge in [-0.05, 0) is 43.2 Å². The molecule has 0 radical (unpaired) electrons. The Balaban J connectivity index is 2.59. The summed E-state index contributed by atoms with van der Waals surface area (Å²) >= 11 is 0. The van der Waals surface area contributed by atoms with Gasteiger partial charge >= 0.3 is 0 Å². The summed E-state index contributed by atoms with van der Waals surface area (Å²) in [6.07, 6.45) is 0. The van der Waals surface area contributed by atoms with E-state index in [0.717, 1.165) is 28.1 Å². The summed E-state index contributed by atoms with van der Waals surface area (Å²) < 4.78 is 0. The van der Waals surface area contributed by atoms with Crippen LogP contribution in [0.25, 0.3) is 11.1 Å². The monoisotopic (exact) mass is 212 g/mol. The van der Waals surface area contributed by atoms with Gasteiger partial charge < -0.3 is 11.5 Å². The lowest BCUT2D eigenvalue weighted by molar-refractivity contribution is 1.38. The lowest BCUT2D eigenvalue weighted by Gasteiger charge is -2.10. The highest BCUT2D eigenvalue weighted by Gasteiger charge is 2.05. The van der Waals surface area contributed by atoms with Crippen molar-refractivity contribution in [2.24, 2.45) is 0 Å². The highest BCUT2D eigenvalue weighted by molar-refractivity contribution is 5.79. The molecule has 0 aromatic heterocycles. The quantitative estimate of drug-likeness (QED) is 0.713. The fraction of sp³-hybridized carbons (Fsp3) is 0.143. The molecule has 0 aliphatic rings. The Kier molecular flexibility index (Phi) is 2.57. The highest BCUT2D eigenvalue weighted by Crippen LogP contribution is 2.30. The van der Waals surface area contributed by atoms with Gasteiger partial charge in [0.2, 0.25) is 0 Å². The molecule has 0 atom stereocenters. The molecule has 0 aliphatic carbocycles. The lowest BCUT2D eigenvalue weighted by atomic mass is 9.98. The average molecular weight is 212 g/mol. The van der Waals surface area contributed by atoms with E-state index in [1.54, 1.807) is 0 Å². The third kappa shape index (κ3) is 1.87. The molecule has 0 saturated carbocycles. The fourth-order valence-electron chi connectivity index (χ4n) is 1.88. The van der Waals surface area contributed by atoms with Gasteiger partial charge in [-0.25, -0.2) is 0 Å². The van der Waals surface area contributed by atoms with Crippen LogP contribution in [0.5, 0.6) is 0 Å². The van der Waals surface area contributed by atoms with E-state index in [1.807, 2.05) is 31.2 Å². The number of hydrogen-bond acceptors (Lipinski definition) is 2. The zero-order chi connectivity index (χ0) is 11.7. The zero-order valence-electron chi connectivity index (χ0n) is 9.62. The minimum Gasteiger partial charge on any atom is -0.399 e. The minimum atomic E-state index is 0.770. The van der Waals surface area contributed by atoms with Crippen LogP contribution >= 0.6 is 0 Å². The SMILES string of the molecule is Cc1cc(C)c(N)c(-c2ccc(N)cc2)c1. The standard InChI is InChI=1S/C14H16N2/c1-9-7-10(2)14(16)13(8-9)11-3-5-12(15)6-4-11/h3-8H,15-16H2,1-2H3. The maximum atomic E-state index is 6.09. The summed E-state index contributed by atoms with van der Waals surface area (Å²) in [5.74, 6) is 0. The molecule has 0 saturated heterocycles. The summed E-state index contributed by atoms with van der Waals surface area (Å²) in [6, 6.07) is 12.0. The number of aryl methyl sites for hydroxylation is 2. The van der Waals surface area contributed by atoms with E-state index in [0.29, 0.717) is 0 Å². The first-order valence-corrected chi connectivity index (χ1v) is 5.30. The Morgan fingerprint density at radius 2 is 1.50 bits per heavy atom. The van der Waals surface area contributed by atoms with Gasteiger partial charge in [-0.1, -0.05) is 23.8 Å². The summed E-state index contributed by atoms with van der Waals surface area (Å²) in [4.78, 5) is 0. The van der Waals surface area contributed by atoms with Gasteiger partial charge in [0.25, 0.3) is 0 Å². The predicted molar refractivity (Wildman–Crippen MR) is 70.2 cm³/mol. The zero-order valence-corrected chi connectivity index (χ0v) is 9.62. The number of hydrogen-bond donors (Lipinski definition) is 2. The molecule has 2 rings (SSSR count). The van der Waals surface area contributed by atoms with Crippen LogP contribution in [-0.4, -0.2) is 0 Å². The second kappa shape index (κ2) is 3.89. The molecule has 82 valence electrons. The number of rotatable bonds is 1. The first kappa shape index (κ1) is 10.6. The Bertz CT molecular complexity index is 513. The summed E-state index contributed by atoms with van der Waals surface area (Å²) in [5, 5.41) is 0. The topological polar surface area (TPSA) is 52.0 Å². The van der Waals surface area contributed by atoms with Crippen LogP contribution < -0.4 is 11.5 Å². The van der Waals surface area contributed by atoms with Crippen molar-refractivity contribution in [1.29, 1.82) is 0 Å². The van der Waals surface area contributed by atoms with Gasteiger partial charge in [0.15, 0.2) is 0 Å². The first-order valence-electron chi connectivity index (χ1n) is 5.30. The molecule has 2 aromatic rings. The van der Waals surface area contributed by atoms with Crippen molar-refractivity contribution in [3.8, 4) is 11.1 Å². The normalized spacial score (nSPS) is 10.4. The Morgan fingerprint density at radius 3 is 2.12 bits per heavy atom. The van der Waals surface area contributed by atoms with E-state index in [-0.39, 0.29) is 0 Å². The number of nitrogens with two attached hydrogens (primary N) is 2. The fourth-order valence-corrected chi connectivity index (χ4v) is 1.88. The molecule has 4 N–H and O–H groups in total.